The molecule has 0 aliphatic carbocycles. The lowest BCUT2D eigenvalue weighted by Crippen LogP contribution is -2.52. The van der Waals surface area contributed by atoms with Crippen LogP contribution in [0.4, 0.5) is 0 Å². The van der Waals surface area contributed by atoms with Crippen LogP contribution in [0.2, 0.25) is 0 Å². The molecule has 7 heteroatoms. The van der Waals surface area contributed by atoms with Gasteiger partial charge in [-0.2, -0.15) is 0 Å². The van der Waals surface area contributed by atoms with Gasteiger partial charge in [-0.1, -0.05) is 70.5 Å². The van der Waals surface area contributed by atoms with Crippen molar-refractivity contribution in [3.63, 3.8) is 0 Å². The predicted octanol–water partition coefficient (Wildman–Crippen LogP) is 5.86. The molecule has 0 saturated heterocycles. The first-order chi connectivity index (χ1) is 17.4. The molecule has 0 aliphatic heterocycles. The second-order valence-corrected chi connectivity index (χ2v) is 10.8. The Morgan fingerprint density at radius 1 is 0.944 bits per heavy atom. The standard InChI is InChI=1S/C29H33BrN2O3S/c1-21(2)31-29(34)27(17-22-8-5-4-6-9-22)32(18-24-10-7-11-26(16-24)35-3)28(33)20-36-19-23-12-14-25(30)15-13-23/h4-16,21,27H,17-20H2,1-3H3,(H,31,34)/t27-/m0/s1. The van der Waals surface area contributed by atoms with E-state index in [1.54, 1.807) is 23.8 Å². The summed E-state index contributed by atoms with van der Waals surface area (Å²) in [5, 5.41) is 3.03. The van der Waals surface area contributed by atoms with Gasteiger partial charge in [0, 0.05) is 29.2 Å². The summed E-state index contributed by atoms with van der Waals surface area (Å²) in [7, 11) is 1.62. The second-order valence-electron chi connectivity index (χ2n) is 8.86. The van der Waals surface area contributed by atoms with Crippen LogP contribution in [0.15, 0.2) is 83.3 Å². The molecular weight excluding hydrogens is 536 g/mol. The van der Waals surface area contributed by atoms with E-state index >= 15 is 0 Å². The predicted molar refractivity (Wildman–Crippen MR) is 151 cm³/mol. The molecule has 0 spiro atoms. The normalized spacial score (nSPS) is 11.7. The Hall–Kier alpha value is -2.77. The van der Waals surface area contributed by atoms with Gasteiger partial charge in [-0.05, 0) is 54.8 Å². The van der Waals surface area contributed by atoms with Crippen molar-refractivity contribution in [2.45, 2.75) is 44.6 Å². The third-order valence-electron chi connectivity index (χ3n) is 5.60. The van der Waals surface area contributed by atoms with Crippen molar-refractivity contribution in [2.75, 3.05) is 12.9 Å². The Bertz CT molecular complexity index is 1120. The van der Waals surface area contributed by atoms with Crippen LogP contribution in [0.1, 0.15) is 30.5 Å². The van der Waals surface area contributed by atoms with E-state index in [1.807, 2.05) is 92.7 Å². The van der Waals surface area contributed by atoms with E-state index in [4.69, 9.17) is 4.74 Å². The first-order valence-corrected chi connectivity index (χ1v) is 13.9. The Balaban J connectivity index is 1.85. The van der Waals surface area contributed by atoms with Crippen LogP contribution in [0, 0.1) is 0 Å². The number of ether oxygens (including phenoxy) is 1. The van der Waals surface area contributed by atoms with Crippen LogP contribution in [-0.2, 0) is 28.3 Å². The zero-order valence-corrected chi connectivity index (χ0v) is 23.3. The molecule has 1 atom stereocenters. The zero-order valence-electron chi connectivity index (χ0n) is 20.9. The van der Waals surface area contributed by atoms with Crippen molar-refractivity contribution in [2.24, 2.45) is 0 Å². The molecular formula is C29H33BrN2O3S. The number of carbonyl (C=O) groups excluding carboxylic acids is 2. The molecule has 0 bridgehead atoms. The van der Waals surface area contributed by atoms with Crippen molar-refractivity contribution in [3.8, 4) is 5.75 Å². The van der Waals surface area contributed by atoms with Gasteiger partial charge in [-0.25, -0.2) is 0 Å². The zero-order chi connectivity index (χ0) is 25.9. The summed E-state index contributed by atoms with van der Waals surface area (Å²) in [6, 6.07) is 24.9. The van der Waals surface area contributed by atoms with Crippen LogP contribution in [0.5, 0.6) is 5.75 Å². The molecule has 3 aromatic rings. The number of carbonyl (C=O) groups is 2. The number of hydrogen-bond acceptors (Lipinski definition) is 4. The Morgan fingerprint density at radius 2 is 1.64 bits per heavy atom. The number of methoxy groups -OCH3 is 1. The second kappa shape index (κ2) is 14.1. The molecule has 36 heavy (non-hydrogen) atoms. The van der Waals surface area contributed by atoms with Crippen molar-refractivity contribution < 1.29 is 14.3 Å². The minimum Gasteiger partial charge on any atom is -0.497 e. The number of benzene rings is 3. The largest absolute Gasteiger partial charge is 0.497 e. The van der Waals surface area contributed by atoms with Crippen LogP contribution in [0.25, 0.3) is 0 Å². The highest BCUT2D eigenvalue weighted by atomic mass is 79.9. The van der Waals surface area contributed by atoms with Gasteiger partial charge in [-0.15, -0.1) is 11.8 Å². The lowest BCUT2D eigenvalue weighted by atomic mass is 10.0. The summed E-state index contributed by atoms with van der Waals surface area (Å²) in [5.41, 5.74) is 3.07. The number of halogens is 1. The SMILES string of the molecule is COc1cccc(CN(C(=O)CSCc2ccc(Br)cc2)[C@@H](Cc2ccccc2)C(=O)NC(C)C)c1. The number of hydrogen-bond donors (Lipinski definition) is 1. The number of nitrogens with one attached hydrogen (secondary N) is 1. The van der Waals surface area contributed by atoms with Crippen molar-refractivity contribution in [3.05, 3.63) is 100 Å². The molecule has 0 radical (unpaired) electrons. The third kappa shape index (κ3) is 8.71. The van der Waals surface area contributed by atoms with Crippen molar-refractivity contribution in [1.29, 1.82) is 0 Å². The van der Waals surface area contributed by atoms with Gasteiger partial charge in [0.15, 0.2) is 0 Å². The summed E-state index contributed by atoms with van der Waals surface area (Å²) in [6.07, 6.45) is 0.437. The maximum atomic E-state index is 13.7. The summed E-state index contributed by atoms with van der Waals surface area (Å²) in [6.45, 7) is 4.18. The number of thioether (sulfide) groups is 1. The molecule has 3 aromatic carbocycles. The van der Waals surface area contributed by atoms with E-state index in [0.717, 1.165) is 26.9 Å². The number of nitrogens with zero attached hydrogens (tertiary/aromatic N) is 1. The third-order valence-corrected chi connectivity index (χ3v) is 7.11. The minimum absolute atomic E-state index is 0.0312. The number of amides is 2. The van der Waals surface area contributed by atoms with E-state index in [-0.39, 0.29) is 23.6 Å². The van der Waals surface area contributed by atoms with Gasteiger partial charge >= 0.3 is 0 Å². The monoisotopic (exact) mass is 568 g/mol. The molecule has 0 saturated carbocycles. The fourth-order valence-electron chi connectivity index (χ4n) is 3.82. The van der Waals surface area contributed by atoms with Gasteiger partial charge in [-0.3, -0.25) is 9.59 Å². The molecule has 0 aliphatic rings. The maximum absolute atomic E-state index is 13.7. The van der Waals surface area contributed by atoms with Gasteiger partial charge in [0.05, 0.1) is 12.9 Å². The molecule has 3 rings (SSSR count). The van der Waals surface area contributed by atoms with Crippen LogP contribution in [-0.4, -0.2) is 41.7 Å². The fraction of sp³-hybridized carbons (Fsp3) is 0.310. The summed E-state index contributed by atoms with van der Waals surface area (Å²) < 4.78 is 6.41. The molecule has 0 unspecified atom stereocenters. The van der Waals surface area contributed by atoms with Crippen molar-refractivity contribution >= 4 is 39.5 Å². The highest BCUT2D eigenvalue weighted by Crippen LogP contribution is 2.21. The highest BCUT2D eigenvalue weighted by molar-refractivity contribution is 9.10. The van der Waals surface area contributed by atoms with Crippen LogP contribution >= 0.6 is 27.7 Å². The lowest BCUT2D eigenvalue weighted by molar-refractivity contribution is -0.139. The van der Waals surface area contributed by atoms with Gasteiger partial charge in [0.25, 0.3) is 0 Å². The average molecular weight is 570 g/mol. The molecule has 2 amide bonds. The average Bonchev–Trinajstić information content (AvgIpc) is 2.87. The van der Waals surface area contributed by atoms with Crippen LogP contribution < -0.4 is 10.1 Å². The maximum Gasteiger partial charge on any atom is 0.243 e. The van der Waals surface area contributed by atoms with E-state index in [0.29, 0.717) is 18.7 Å². The quantitative estimate of drug-likeness (QED) is 0.297. The van der Waals surface area contributed by atoms with E-state index < -0.39 is 6.04 Å². The Morgan fingerprint density at radius 3 is 2.31 bits per heavy atom. The van der Waals surface area contributed by atoms with Gasteiger partial charge in [0.1, 0.15) is 11.8 Å². The first-order valence-electron chi connectivity index (χ1n) is 11.9. The van der Waals surface area contributed by atoms with Gasteiger partial charge < -0.3 is 15.0 Å². The molecule has 0 aromatic heterocycles. The Labute approximate surface area is 226 Å². The van der Waals surface area contributed by atoms with Crippen molar-refractivity contribution in [1.82, 2.24) is 10.2 Å². The molecule has 0 fully saturated rings. The summed E-state index contributed by atoms with van der Waals surface area (Å²) >= 11 is 5.01. The summed E-state index contributed by atoms with van der Waals surface area (Å²) in [5.74, 6) is 1.49. The number of rotatable bonds is 12. The molecule has 0 heterocycles. The lowest BCUT2D eigenvalue weighted by Gasteiger charge is -2.32. The minimum atomic E-state index is -0.637. The van der Waals surface area contributed by atoms with E-state index in [2.05, 4.69) is 21.2 Å². The topological polar surface area (TPSA) is 58.6 Å². The van der Waals surface area contributed by atoms with Gasteiger partial charge in [0.2, 0.25) is 11.8 Å². The summed E-state index contributed by atoms with van der Waals surface area (Å²) in [4.78, 5) is 28.8. The molecule has 190 valence electrons. The first kappa shape index (κ1) is 27.8. The Kier molecular flexibility index (Phi) is 10.9. The molecule has 5 nitrogen and oxygen atoms in total. The molecule has 1 N–H and O–H groups in total. The highest BCUT2D eigenvalue weighted by Gasteiger charge is 2.30. The van der Waals surface area contributed by atoms with Crippen LogP contribution in [0.3, 0.4) is 0 Å². The fourth-order valence-corrected chi connectivity index (χ4v) is 4.96. The van der Waals surface area contributed by atoms with E-state index in [9.17, 15) is 9.59 Å². The van der Waals surface area contributed by atoms with E-state index in [1.165, 1.54) is 0 Å². The smallest absolute Gasteiger partial charge is 0.243 e.